The van der Waals surface area contributed by atoms with Crippen LogP contribution in [0.1, 0.15) is 5.56 Å². The van der Waals surface area contributed by atoms with Crippen molar-refractivity contribution in [3.05, 3.63) is 82.3 Å². The highest BCUT2D eigenvalue weighted by molar-refractivity contribution is 6.42. The van der Waals surface area contributed by atoms with Crippen LogP contribution in [0.25, 0.3) is 22.4 Å². The molecule has 4 aromatic rings. The van der Waals surface area contributed by atoms with E-state index < -0.39 is 0 Å². The van der Waals surface area contributed by atoms with Crippen molar-refractivity contribution in [1.29, 1.82) is 0 Å². The number of aromatic nitrogens is 2. The number of rotatable bonds is 3. The summed E-state index contributed by atoms with van der Waals surface area (Å²) in [5.41, 5.74) is 10.7. The normalized spacial score (nSPS) is 11.1. The first-order valence-corrected chi connectivity index (χ1v) is 8.62. The summed E-state index contributed by atoms with van der Waals surface area (Å²) in [6.45, 7) is 0.640. The number of nitrogen functional groups attached to an aromatic ring is 1. The first-order chi connectivity index (χ1) is 12.1. The summed E-state index contributed by atoms with van der Waals surface area (Å²) in [4.78, 5) is 4.81. The van der Waals surface area contributed by atoms with Gasteiger partial charge in [0, 0.05) is 17.8 Å². The van der Waals surface area contributed by atoms with Crippen LogP contribution in [0.5, 0.6) is 0 Å². The largest absolute Gasteiger partial charge is 0.399 e. The fraction of sp³-hybridized carbons (Fsp3) is 0.0500. The van der Waals surface area contributed by atoms with Gasteiger partial charge in [-0.2, -0.15) is 0 Å². The Balaban J connectivity index is 1.88. The van der Waals surface area contributed by atoms with Gasteiger partial charge in [-0.25, -0.2) is 4.98 Å². The zero-order valence-electron chi connectivity index (χ0n) is 13.3. The van der Waals surface area contributed by atoms with Crippen molar-refractivity contribution in [2.75, 3.05) is 5.73 Å². The minimum absolute atomic E-state index is 0.550. The number of halogens is 2. The molecule has 1 heterocycles. The number of para-hydroxylation sites is 2. The van der Waals surface area contributed by atoms with E-state index in [1.165, 1.54) is 0 Å². The Hall–Kier alpha value is -2.49. The van der Waals surface area contributed by atoms with Crippen molar-refractivity contribution in [3.8, 4) is 11.4 Å². The molecule has 0 atom stereocenters. The summed E-state index contributed by atoms with van der Waals surface area (Å²) in [7, 11) is 0. The summed E-state index contributed by atoms with van der Waals surface area (Å²) in [5, 5.41) is 1.10. The molecule has 0 spiro atoms. The van der Waals surface area contributed by atoms with Crippen LogP contribution in [0, 0.1) is 0 Å². The summed E-state index contributed by atoms with van der Waals surface area (Å²) in [6, 6.07) is 21.5. The average molecular weight is 368 g/mol. The van der Waals surface area contributed by atoms with E-state index in [0.29, 0.717) is 22.3 Å². The number of imidazole rings is 1. The SMILES string of the molecule is Nc1cccc(-c2nc3ccccc3n2Cc2ccc(Cl)c(Cl)c2)c1. The molecule has 0 fully saturated rings. The van der Waals surface area contributed by atoms with Gasteiger partial charge in [0.05, 0.1) is 21.1 Å². The number of hydrogen-bond acceptors (Lipinski definition) is 2. The Kier molecular flexibility index (Phi) is 4.12. The molecule has 1 aromatic heterocycles. The Morgan fingerprint density at radius 2 is 1.72 bits per heavy atom. The van der Waals surface area contributed by atoms with Crippen LogP contribution in [0.2, 0.25) is 10.0 Å². The molecule has 0 aliphatic heterocycles. The molecule has 0 aliphatic carbocycles. The smallest absolute Gasteiger partial charge is 0.141 e. The van der Waals surface area contributed by atoms with Crippen LogP contribution in [-0.2, 0) is 6.54 Å². The highest BCUT2D eigenvalue weighted by atomic mass is 35.5. The van der Waals surface area contributed by atoms with Crippen molar-refractivity contribution < 1.29 is 0 Å². The Labute approximate surface area is 155 Å². The first-order valence-electron chi connectivity index (χ1n) is 7.87. The summed E-state index contributed by atoms with van der Waals surface area (Å²) < 4.78 is 2.17. The molecule has 2 N–H and O–H groups in total. The molecule has 124 valence electrons. The highest BCUT2D eigenvalue weighted by Gasteiger charge is 2.13. The molecule has 4 rings (SSSR count). The number of nitrogens with zero attached hydrogens (tertiary/aromatic N) is 2. The van der Waals surface area contributed by atoms with E-state index in [1.54, 1.807) is 0 Å². The van der Waals surface area contributed by atoms with Gasteiger partial charge in [0.2, 0.25) is 0 Å². The Bertz CT molecular complexity index is 1070. The lowest BCUT2D eigenvalue weighted by Crippen LogP contribution is -2.02. The molecule has 0 saturated heterocycles. The average Bonchev–Trinajstić information content (AvgIpc) is 2.97. The van der Waals surface area contributed by atoms with Crippen molar-refractivity contribution in [3.63, 3.8) is 0 Å². The highest BCUT2D eigenvalue weighted by Crippen LogP contribution is 2.28. The third kappa shape index (κ3) is 3.09. The predicted octanol–water partition coefficient (Wildman–Crippen LogP) is 5.64. The molecular weight excluding hydrogens is 353 g/mol. The zero-order valence-corrected chi connectivity index (χ0v) is 14.8. The van der Waals surface area contributed by atoms with Crippen LogP contribution in [0.3, 0.4) is 0 Å². The minimum Gasteiger partial charge on any atom is -0.399 e. The van der Waals surface area contributed by atoms with E-state index in [2.05, 4.69) is 10.6 Å². The number of nitrogens with two attached hydrogens (primary N) is 1. The first kappa shape index (κ1) is 16.0. The minimum atomic E-state index is 0.550. The van der Waals surface area contributed by atoms with Crippen LogP contribution in [0.4, 0.5) is 5.69 Å². The maximum Gasteiger partial charge on any atom is 0.141 e. The standard InChI is InChI=1S/C20H15Cl2N3/c21-16-9-8-13(10-17(16)22)12-25-19-7-2-1-6-18(19)24-20(25)14-4-3-5-15(23)11-14/h1-11H,12,23H2. The third-order valence-electron chi connectivity index (χ3n) is 4.12. The van der Waals surface area contributed by atoms with E-state index in [0.717, 1.165) is 28.0 Å². The van der Waals surface area contributed by atoms with Gasteiger partial charge in [-0.05, 0) is 42.0 Å². The maximum absolute atomic E-state index is 6.18. The van der Waals surface area contributed by atoms with Gasteiger partial charge in [-0.1, -0.05) is 53.5 Å². The van der Waals surface area contributed by atoms with E-state index >= 15 is 0 Å². The second-order valence-corrected chi connectivity index (χ2v) is 6.70. The molecule has 0 radical (unpaired) electrons. The number of anilines is 1. The molecule has 0 amide bonds. The Morgan fingerprint density at radius 1 is 0.880 bits per heavy atom. The molecule has 5 heteroatoms. The van der Waals surface area contributed by atoms with E-state index in [-0.39, 0.29) is 0 Å². The predicted molar refractivity (Wildman–Crippen MR) is 105 cm³/mol. The molecule has 3 aromatic carbocycles. The van der Waals surface area contributed by atoms with Crippen LogP contribution < -0.4 is 5.73 Å². The second kappa shape index (κ2) is 6.43. The molecule has 0 saturated carbocycles. The zero-order chi connectivity index (χ0) is 17.4. The second-order valence-electron chi connectivity index (χ2n) is 5.88. The van der Waals surface area contributed by atoms with Crippen LogP contribution in [0.15, 0.2) is 66.7 Å². The fourth-order valence-electron chi connectivity index (χ4n) is 2.95. The molecule has 0 aliphatic rings. The van der Waals surface area contributed by atoms with Crippen molar-refractivity contribution in [2.24, 2.45) is 0 Å². The van der Waals surface area contributed by atoms with Gasteiger partial charge in [0.15, 0.2) is 0 Å². The molecule has 0 bridgehead atoms. The van der Waals surface area contributed by atoms with E-state index in [1.807, 2.05) is 60.7 Å². The van der Waals surface area contributed by atoms with Gasteiger partial charge in [-0.15, -0.1) is 0 Å². The van der Waals surface area contributed by atoms with Gasteiger partial charge < -0.3 is 10.3 Å². The molecule has 3 nitrogen and oxygen atoms in total. The van der Waals surface area contributed by atoms with Crippen LogP contribution >= 0.6 is 23.2 Å². The molecular formula is C20H15Cl2N3. The summed E-state index contributed by atoms with van der Waals surface area (Å²) in [5.74, 6) is 0.875. The fourth-order valence-corrected chi connectivity index (χ4v) is 3.27. The molecule has 0 unspecified atom stereocenters. The van der Waals surface area contributed by atoms with Gasteiger partial charge in [0.1, 0.15) is 5.82 Å². The van der Waals surface area contributed by atoms with E-state index in [4.69, 9.17) is 33.9 Å². The maximum atomic E-state index is 6.18. The van der Waals surface area contributed by atoms with Crippen molar-refractivity contribution in [2.45, 2.75) is 6.54 Å². The summed E-state index contributed by atoms with van der Waals surface area (Å²) in [6.07, 6.45) is 0. The topological polar surface area (TPSA) is 43.8 Å². The number of hydrogen-bond donors (Lipinski definition) is 1. The lowest BCUT2D eigenvalue weighted by atomic mass is 10.1. The molecule has 25 heavy (non-hydrogen) atoms. The lowest BCUT2D eigenvalue weighted by molar-refractivity contribution is 0.834. The summed E-state index contributed by atoms with van der Waals surface area (Å²) >= 11 is 12.2. The quantitative estimate of drug-likeness (QED) is 0.476. The van der Waals surface area contributed by atoms with Gasteiger partial charge in [0.25, 0.3) is 0 Å². The van der Waals surface area contributed by atoms with E-state index in [9.17, 15) is 0 Å². The van der Waals surface area contributed by atoms with Gasteiger partial charge in [-0.3, -0.25) is 0 Å². The van der Waals surface area contributed by atoms with Crippen molar-refractivity contribution in [1.82, 2.24) is 9.55 Å². The van der Waals surface area contributed by atoms with Gasteiger partial charge >= 0.3 is 0 Å². The monoisotopic (exact) mass is 367 g/mol. The van der Waals surface area contributed by atoms with Crippen LogP contribution in [-0.4, -0.2) is 9.55 Å². The van der Waals surface area contributed by atoms with Crippen molar-refractivity contribution >= 4 is 39.9 Å². The lowest BCUT2D eigenvalue weighted by Gasteiger charge is -2.11. The Morgan fingerprint density at radius 3 is 2.52 bits per heavy atom. The number of benzene rings is 3. The number of fused-ring (bicyclic) bond motifs is 1. The third-order valence-corrected chi connectivity index (χ3v) is 4.86.